The number of hydrogen-bond acceptors (Lipinski definition) is 0. The third-order valence-corrected chi connectivity index (χ3v) is 9.91. The maximum absolute atomic E-state index is 2.55. The van der Waals surface area contributed by atoms with Crippen LogP contribution >= 0.6 is 0 Å². The summed E-state index contributed by atoms with van der Waals surface area (Å²) < 4.78 is 2.55. The molecule has 0 aliphatic heterocycles. The van der Waals surface area contributed by atoms with Crippen LogP contribution in [-0.2, 0) is 27.1 Å². The number of fused-ring (bicyclic) bond motifs is 3. The lowest BCUT2D eigenvalue weighted by Crippen LogP contribution is -2.17. The van der Waals surface area contributed by atoms with Crippen molar-refractivity contribution in [3.05, 3.63) is 100 Å². The first-order chi connectivity index (χ1) is 20.9. The van der Waals surface area contributed by atoms with Crippen LogP contribution in [0.2, 0.25) is 0 Å². The second kappa shape index (κ2) is 10.9. The molecule has 1 heterocycles. The van der Waals surface area contributed by atoms with Gasteiger partial charge in [0.1, 0.15) is 0 Å². The molecular weight excluding hydrogens is 555 g/mol. The molecule has 1 aromatic heterocycles. The average Bonchev–Trinajstić information content (AvgIpc) is 3.25. The Kier molecular flexibility index (Phi) is 8.04. The number of hydrogen-bond donors (Lipinski definition) is 0. The summed E-state index contributed by atoms with van der Waals surface area (Å²) in [7, 11) is 0. The SMILES string of the molecule is Cc1c(C(C)(C)C)ccc2c1c1c(-c3cc(C(C)(C)C)cc(C(C)(C)C)c3)cccc1n2-c1cc(C(C)(C)C)cc(C(C)(C)C)c1. The lowest BCUT2D eigenvalue weighted by molar-refractivity contribution is 0.567. The molecule has 0 radical (unpaired) electrons. The predicted molar refractivity (Wildman–Crippen MR) is 204 cm³/mol. The van der Waals surface area contributed by atoms with Crippen LogP contribution in [0.4, 0.5) is 0 Å². The first-order valence-electron chi connectivity index (χ1n) is 17.3. The number of nitrogens with zero attached hydrogens (tertiary/aromatic N) is 1. The van der Waals surface area contributed by atoms with Gasteiger partial charge >= 0.3 is 0 Å². The summed E-state index contributed by atoms with van der Waals surface area (Å²) >= 11 is 0. The van der Waals surface area contributed by atoms with E-state index in [9.17, 15) is 0 Å². The topological polar surface area (TPSA) is 4.93 Å². The maximum atomic E-state index is 2.55. The summed E-state index contributed by atoms with van der Waals surface area (Å²) in [6.45, 7) is 37.3. The zero-order valence-electron chi connectivity index (χ0n) is 31.8. The molecule has 1 heteroatoms. The van der Waals surface area contributed by atoms with Crippen LogP contribution in [0.25, 0.3) is 38.6 Å². The average molecular weight is 614 g/mol. The van der Waals surface area contributed by atoms with Gasteiger partial charge in [-0.1, -0.05) is 146 Å². The van der Waals surface area contributed by atoms with Crippen molar-refractivity contribution in [2.45, 2.75) is 138 Å². The molecule has 0 spiro atoms. The van der Waals surface area contributed by atoms with Gasteiger partial charge in [0.2, 0.25) is 0 Å². The number of benzene rings is 4. The van der Waals surface area contributed by atoms with Gasteiger partial charge in [0, 0.05) is 16.5 Å². The van der Waals surface area contributed by atoms with Gasteiger partial charge < -0.3 is 4.57 Å². The lowest BCUT2D eigenvalue weighted by Gasteiger charge is -2.27. The zero-order chi connectivity index (χ0) is 34.4. The molecule has 0 saturated heterocycles. The van der Waals surface area contributed by atoms with Crippen LogP contribution in [-0.4, -0.2) is 4.57 Å². The van der Waals surface area contributed by atoms with Crippen LogP contribution < -0.4 is 0 Å². The van der Waals surface area contributed by atoms with E-state index in [0.717, 1.165) is 0 Å². The molecule has 0 bridgehead atoms. The lowest BCUT2D eigenvalue weighted by atomic mass is 9.78. The Hall–Kier alpha value is -3.32. The van der Waals surface area contributed by atoms with Crippen molar-refractivity contribution in [2.75, 3.05) is 0 Å². The highest BCUT2D eigenvalue weighted by atomic mass is 15.0. The minimum absolute atomic E-state index is 0.0337. The molecule has 46 heavy (non-hydrogen) atoms. The molecule has 0 saturated carbocycles. The Balaban J connectivity index is 2.00. The second-order valence-corrected chi connectivity index (χ2v) is 19.0. The Morgan fingerprint density at radius 2 is 0.870 bits per heavy atom. The summed E-state index contributed by atoms with van der Waals surface area (Å²) in [6.07, 6.45) is 0. The monoisotopic (exact) mass is 613 g/mol. The Bertz CT molecular complexity index is 1880. The predicted octanol–water partition coefficient (Wildman–Crippen LogP) is 13.2. The van der Waals surface area contributed by atoms with Crippen LogP contribution in [0.1, 0.15) is 137 Å². The third kappa shape index (κ3) is 6.20. The van der Waals surface area contributed by atoms with E-state index in [0.29, 0.717) is 0 Å². The number of rotatable bonds is 2. The molecule has 0 amide bonds. The van der Waals surface area contributed by atoms with Crippen LogP contribution in [0, 0.1) is 6.92 Å². The normalized spacial score (nSPS) is 13.7. The van der Waals surface area contributed by atoms with Crippen molar-refractivity contribution in [1.29, 1.82) is 0 Å². The van der Waals surface area contributed by atoms with Gasteiger partial charge in [-0.3, -0.25) is 0 Å². The molecule has 5 aromatic rings. The Morgan fingerprint density at radius 3 is 1.30 bits per heavy atom. The summed E-state index contributed by atoms with van der Waals surface area (Å²) in [6, 6.07) is 26.4. The van der Waals surface area contributed by atoms with E-state index in [-0.39, 0.29) is 27.1 Å². The highest BCUT2D eigenvalue weighted by Crippen LogP contribution is 2.45. The van der Waals surface area contributed by atoms with Crippen LogP contribution in [0.5, 0.6) is 0 Å². The van der Waals surface area contributed by atoms with Crippen molar-refractivity contribution in [1.82, 2.24) is 4.57 Å². The van der Waals surface area contributed by atoms with Crippen LogP contribution in [0.3, 0.4) is 0 Å². The minimum atomic E-state index is 0.0337. The van der Waals surface area contributed by atoms with E-state index in [2.05, 4.69) is 182 Å². The quantitative estimate of drug-likeness (QED) is 0.187. The fourth-order valence-corrected chi connectivity index (χ4v) is 6.90. The maximum Gasteiger partial charge on any atom is 0.0547 e. The van der Waals surface area contributed by atoms with Crippen molar-refractivity contribution in [3.63, 3.8) is 0 Å². The second-order valence-electron chi connectivity index (χ2n) is 19.0. The van der Waals surface area contributed by atoms with Gasteiger partial charge in [0.25, 0.3) is 0 Å². The van der Waals surface area contributed by atoms with E-state index in [4.69, 9.17) is 0 Å². The standard InChI is InChI=1S/C45H59N/c1-28-36(45(14,15)16)20-21-38-39(28)40-35(29-22-30(41(2,3)4)24-31(23-29)42(5,6)7)18-17-19-37(40)46(38)34-26-32(43(8,9)10)25-33(27-34)44(11,12)13/h17-27H,1-16H3. The molecule has 1 nitrogen and oxygen atoms in total. The van der Waals surface area contributed by atoms with E-state index in [1.54, 1.807) is 0 Å². The minimum Gasteiger partial charge on any atom is -0.309 e. The van der Waals surface area contributed by atoms with Gasteiger partial charge in [-0.15, -0.1) is 0 Å². The first kappa shape index (κ1) is 34.0. The molecular formula is C45H59N. The Labute approximate surface area is 280 Å². The van der Waals surface area contributed by atoms with Crippen molar-refractivity contribution in [3.8, 4) is 16.8 Å². The molecule has 0 atom stereocenters. The van der Waals surface area contributed by atoms with Gasteiger partial charge in [-0.25, -0.2) is 0 Å². The molecule has 0 aliphatic rings. The summed E-state index contributed by atoms with van der Waals surface area (Å²) in [5, 5.41) is 2.72. The van der Waals surface area contributed by atoms with Crippen molar-refractivity contribution < 1.29 is 0 Å². The van der Waals surface area contributed by atoms with Gasteiger partial charge in [0.05, 0.1) is 11.0 Å². The van der Waals surface area contributed by atoms with E-state index < -0.39 is 0 Å². The van der Waals surface area contributed by atoms with Crippen molar-refractivity contribution >= 4 is 21.8 Å². The van der Waals surface area contributed by atoms with Gasteiger partial charge in [-0.2, -0.15) is 0 Å². The molecule has 0 unspecified atom stereocenters. The zero-order valence-corrected chi connectivity index (χ0v) is 31.8. The Morgan fingerprint density at radius 1 is 0.435 bits per heavy atom. The number of aromatic nitrogens is 1. The van der Waals surface area contributed by atoms with E-state index in [1.165, 1.54) is 72.0 Å². The highest BCUT2D eigenvalue weighted by molar-refractivity contribution is 6.17. The van der Waals surface area contributed by atoms with Gasteiger partial charge in [-0.05, 0) is 103 Å². The molecule has 0 aliphatic carbocycles. The van der Waals surface area contributed by atoms with Crippen LogP contribution in [0.15, 0.2) is 66.7 Å². The van der Waals surface area contributed by atoms with Gasteiger partial charge in [0.15, 0.2) is 0 Å². The summed E-state index contributed by atoms with van der Waals surface area (Å²) in [5.74, 6) is 0. The third-order valence-electron chi connectivity index (χ3n) is 9.91. The highest BCUT2D eigenvalue weighted by Gasteiger charge is 2.27. The smallest absolute Gasteiger partial charge is 0.0547 e. The number of aryl methyl sites for hydroxylation is 1. The molecule has 0 fully saturated rings. The largest absolute Gasteiger partial charge is 0.309 e. The molecule has 4 aromatic carbocycles. The van der Waals surface area contributed by atoms with E-state index in [1.807, 2.05) is 0 Å². The fourth-order valence-electron chi connectivity index (χ4n) is 6.90. The fraction of sp³-hybridized carbons (Fsp3) is 0.467. The molecule has 244 valence electrons. The summed E-state index contributed by atoms with van der Waals surface area (Å²) in [4.78, 5) is 0. The first-order valence-corrected chi connectivity index (χ1v) is 17.3. The van der Waals surface area contributed by atoms with E-state index >= 15 is 0 Å². The summed E-state index contributed by atoms with van der Waals surface area (Å²) in [5.41, 5.74) is 14.9. The van der Waals surface area contributed by atoms with Crippen molar-refractivity contribution in [2.24, 2.45) is 0 Å². The molecule has 0 N–H and O–H groups in total. The molecule has 5 rings (SSSR count).